The number of halogens is 1. The summed E-state index contributed by atoms with van der Waals surface area (Å²) >= 11 is 6.11. The number of nitrogens with one attached hydrogen (secondary N) is 1. The van der Waals surface area contributed by atoms with Gasteiger partial charge in [-0.15, -0.1) is 0 Å². The standard InChI is InChI=1S/C23H26ClN5O2/c1-4-21-20(12-26-29(21)19-7-5-6-17(24)10-19)23(30)27-18-8-9-22(25-11-18)28-13-15(2)31-16(3)14-28/h5-12,15-16H,4,13-14H2,1-3H3,(H,27,30)/t15-,16-/m0/s1. The van der Waals surface area contributed by atoms with E-state index in [0.717, 1.165) is 30.3 Å². The van der Waals surface area contributed by atoms with Crippen molar-refractivity contribution >= 4 is 29.0 Å². The van der Waals surface area contributed by atoms with Crippen LogP contribution in [0.25, 0.3) is 5.69 Å². The zero-order chi connectivity index (χ0) is 22.0. The van der Waals surface area contributed by atoms with Crippen molar-refractivity contribution in [2.24, 2.45) is 0 Å². The van der Waals surface area contributed by atoms with Crippen LogP contribution in [0.1, 0.15) is 36.8 Å². The quantitative estimate of drug-likeness (QED) is 0.639. The van der Waals surface area contributed by atoms with Crippen LogP contribution in [0.3, 0.4) is 0 Å². The molecule has 1 fully saturated rings. The first kappa shape index (κ1) is 21.3. The van der Waals surface area contributed by atoms with Gasteiger partial charge in [-0.25, -0.2) is 9.67 Å². The zero-order valence-electron chi connectivity index (χ0n) is 17.9. The Hall–Kier alpha value is -2.90. The largest absolute Gasteiger partial charge is 0.372 e. The number of benzene rings is 1. The monoisotopic (exact) mass is 439 g/mol. The maximum atomic E-state index is 12.9. The summed E-state index contributed by atoms with van der Waals surface area (Å²) in [7, 11) is 0. The molecule has 3 heterocycles. The zero-order valence-corrected chi connectivity index (χ0v) is 18.6. The molecule has 1 aliphatic rings. The maximum Gasteiger partial charge on any atom is 0.259 e. The highest BCUT2D eigenvalue weighted by Crippen LogP contribution is 2.22. The van der Waals surface area contributed by atoms with E-state index >= 15 is 0 Å². The van der Waals surface area contributed by atoms with Crippen molar-refractivity contribution < 1.29 is 9.53 Å². The molecule has 0 spiro atoms. The average molecular weight is 440 g/mol. The minimum absolute atomic E-state index is 0.161. The van der Waals surface area contributed by atoms with Crippen molar-refractivity contribution in [3.05, 3.63) is 65.1 Å². The normalized spacial score (nSPS) is 18.8. The molecule has 1 aromatic carbocycles. The Morgan fingerprint density at radius 1 is 1.19 bits per heavy atom. The molecule has 1 aliphatic heterocycles. The van der Waals surface area contributed by atoms with E-state index in [0.29, 0.717) is 22.7 Å². The van der Waals surface area contributed by atoms with Gasteiger partial charge in [-0.2, -0.15) is 5.10 Å². The molecular formula is C23H26ClN5O2. The van der Waals surface area contributed by atoms with E-state index in [9.17, 15) is 4.79 Å². The Balaban J connectivity index is 1.50. The summed E-state index contributed by atoms with van der Waals surface area (Å²) in [6.07, 6.45) is 4.25. The fourth-order valence-electron chi connectivity index (χ4n) is 3.94. The molecule has 7 nitrogen and oxygen atoms in total. The van der Waals surface area contributed by atoms with Crippen LogP contribution in [-0.2, 0) is 11.2 Å². The fourth-order valence-corrected chi connectivity index (χ4v) is 4.13. The topological polar surface area (TPSA) is 72.3 Å². The van der Waals surface area contributed by atoms with E-state index in [2.05, 4.69) is 34.1 Å². The summed E-state index contributed by atoms with van der Waals surface area (Å²) in [5.74, 6) is 0.663. The predicted molar refractivity (Wildman–Crippen MR) is 122 cm³/mol. The number of amides is 1. The molecule has 0 aliphatic carbocycles. The van der Waals surface area contributed by atoms with Crippen LogP contribution < -0.4 is 10.2 Å². The molecular weight excluding hydrogens is 414 g/mol. The molecule has 162 valence electrons. The highest BCUT2D eigenvalue weighted by atomic mass is 35.5. The van der Waals surface area contributed by atoms with Gasteiger partial charge in [0.15, 0.2) is 0 Å². The minimum Gasteiger partial charge on any atom is -0.372 e. The van der Waals surface area contributed by atoms with Gasteiger partial charge < -0.3 is 15.0 Å². The van der Waals surface area contributed by atoms with Crippen LogP contribution in [0.4, 0.5) is 11.5 Å². The highest BCUT2D eigenvalue weighted by Gasteiger charge is 2.23. The number of hydrogen-bond acceptors (Lipinski definition) is 5. The van der Waals surface area contributed by atoms with E-state index in [-0.39, 0.29) is 18.1 Å². The fraction of sp³-hybridized carbons (Fsp3) is 0.348. The van der Waals surface area contributed by atoms with Crippen LogP contribution in [0, 0.1) is 0 Å². The van der Waals surface area contributed by atoms with Gasteiger partial charge in [-0.1, -0.05) is 24.6 Å². The lowest BCUT2D eigenvalue weighted by atomic mass is 10.2. The Morgan fingerprint density at radius 2 is 1.97 bits per heavy atom. The summed E-state index contributed by atoms with van der Waals surface area (Å²) in [6, 6.07) is 11.2. The van der Waals surface area contributed by atoms with Crippen LogP contribution in [0.2, 0.25) is 5.02 Å². The lowest BCUT2D eigenvalue weighted by molar-refractivity contribution is -0.00545. The number of carbonyl (C=O) groups is 1. The molecule has 0 saturated carbocycles. The number of hydrogen-bond donors (Lipinski definition) is 1. The molecule has 0 bridgehead atoms. The molecule has 0 unspecified atom stereocenters. The SMILES string of the molecule is CCc1c(C(=O)Nc2ccc(N3C[C@H](C)O[C@@H](C)C3)nc2)cnn1-c1cccc(Cl)c1. The van der Waals surface area contributed by atoms with E-state index in [1.807, 2.05) is 43.3 Å². The van der Waals surface area contributed by atoms with Gasteiger partial charge in [0.25, 0.3) is 5.91 Å². The molecule has 4 rings (SSSR count). The summed E-state index contributed by atoms with van der Waals surface area (Å²) in [5, 5.41) is 7.97. The van der Waals surface area contributed by atoms with Crippen molar-refractivity contribution in [1.82, 2.24) is 14.8 Å². The van der Waals surface area contributed by atoms with Gasteiger partial charge in [0.1, 0.15) is 5.82 Å². The molecule has 2 atom stereocenters. The average Bonchev–Trinajstić information content (AvgIpc) is 3.18. The summed E-state index contributed by atoms with van der Waals surface area (Å²) in [4.78, 5) is 19.7. The summed E-state index contributed by atoms with van der Waals surface area (Å²) in [5.41, 5.74) is 2.81. The number of rotatable bonds is 5. The molecule has 1 N–H and O–H groups in total. The van der Waals surface area contributed by atoms with Gasteiger partial charge in [-0.3, -0.25) is 4.79 Å². The van der Waals surface area contributed by atoms with Crippen LogP contribution in [0.5, 0.6) is 0 Å². The lowest BCUT2D eigenvalue weighted by Crippen LogP contribution is -2.45. The Bertz CT molecular complexity index is 1060. The van der Waals surface area contributed by atoms with Crippen molar-refractivity contribution in [1.29, 1.82) is 0 Å². The third kappa shape index (κ3) is 4.73. The number of pyridine rings is 1. The molecule has 31 heavy (non-hydrogen) atoms. The first-order valence-corrected chi connectivity index (χ1v) is 10.8. The molecule has 0 radical (unpaired) electrons. The highest BCUT2D eigenvalue weighted by molar-refractivity contribution is 6.30. The van der Waals surface area contributed by atoms with Crippen LogP contribution >= 0.6 is 11.6 Å². The Morgan fingerprint density at radius 3 is 2.61 bits per heavy atom. The Labute approximate surface area is 187 Å². The second-order valence-electron chi connectivity index (χ2n) is 7.77. The van der Waals surface area contributed by atoms with Crippen LogP contribution in [-0.4, -0.2) is 46.0 Å². The number of ether oxygens (including phenoxy) is 1. The van der Waals surface area contributed by atoms with Gasteiger partial charge in [0.05, 0.1) is 47.2 Å². The second kappa shape index (κ2) is 9.08. The van der Waals surface area contributed by atoms with Gasteiger partial charge in [0.2, 0.25) is 0 Å². The number of morpholine rings is 1. The molecule has 8 heteroatoms. The number of carbonyl (C=O) groups excluding carboxylic acids is 1. The van der Waals surface area contributed by atoms with Crippen molar-refractivity contribution in [3.8, 4) is 5.69 Å². The smallest absolute Gasteiger partial charge is 0.259 e. The minimum atomic E-state index is -0.215. The summed E-state index contributed by atoms with van der Waals surface area (Å²) in [6.45, 7) is 7.71. The first-order valence-electron chi connectivity index (χ1n) is 10.4. The van der Waals surface area contributed by atoms with Crippen LogP contribution in [0.15, 0.2) is 48.8 Å². The van der Waals surface area contributed by atoms with Gasteiger partial charge in [-0.05, 0) is 50.6 Å². The van der Waals surface area contributed by atoms with Crippen molar-refractivity contribution in [3.63, 3.8) is 0 Å². The number of aromatic nitrogens is 3. The summed E-state index contributed by atoms with van der Waals surface area (Å²) < 4.78 is 7.54. The predicted octanol–water partition coefficient (Wildman–Crippen LogP) is 4.35. The van der Waals surface area contributed by atoms with E-state index in [1.165, 1.54) is 0 Å². The van der Waals surface area contributed by atoms with Crippen molar-refractivity contribution in [2.75, 3.05) is 23.3 Å². The Kier molecular flexibility index (Phi) is 6.25. The molecule has 3 aromatic rings. The number of nitrogens with zero attached hydrogens (tertiary/aromatic N) is 4. The van der Waals surface area contributed by atoms with E-state index in [1.54, 1.807) is 17.1 Å². The molecule has 1 saturated heterocycles. The van der Waals surface area contributed by atoms with Gasteiger partial charge >= 0.3 is 0 Å². The third-order valence-electron chi connectivity index (χ3n) is 5.25. The second-order valence-corrected chi connectivity index (χ2v) is 8.21. The van der Waals surface area contributed by atoms with Crippen molar-refractivity contribution in [2.45, 2.75) is 39.4 Å². The van der Waals surface area contributed by atoms with E-state index in [4.69, 9.17) is 16.3 Å². The maximum absolute atomic E-state index is 12.9. The molecule has 1 amide bonds. The van der Waals surface area contributed by atoms with E-state index < -0.39 is 0 Å². The molecule has 2 aromatic heterocycles. The third-order valence-corrected chi connectivity index (χ3v) is 5.49. The number of anilines is 2. The first-order chi connectivity index (χ1) is 14.9. The van der Waals surface area contributed by atoms with Gasteiger partial charge in [0, 0.05) is 18.1 Å². The lowest BCUT2D eigenvalue weighted by Gasteiger charge is -2.36.